The lowest BCUT2D eigenvalue weighted by atomic mass is 10.1. The highest BCUT2D eigenvalue weighted by molar-refractivity contribution is 5.74. The van der Waals surface area contributed by atoms with Crippen molar-refractivity contribution < 1.29 is 29.2 Å². The van der Waals surface area contributed by atoms with Crippen LogP contribution in [0.1, 0.15) is 11.1 Å². The average Bonchev–Trinajstić information content (AvgIpc) is 2.58. The molecular formula is C18H20O6. The van der Waals surface area contributed by atoms with Gasteiger partial charge in [-0.25, -0.2) is 0 Å². The number of hydrogen-bond donors (Lipinski definition) is 2. The second-order valence-corrected chi connectivity index (χ2v) is 4.88. The third kappa shape index (κ3) is 3.48. The number of hydrogen-bond acceptors (Lipinski definition) is 6. The van der Waals surface area contributed by atoms with Crippen molar-refractivity contribution in [2.24, 2.45) is 0 Å². The van der Waals surface area contributed by atoms with Crippen LogP contribution in [0.5, 0.6) is 34.5 Å². The molecule has 6 nitrogen and oxygen atoms in total. The van der Waals surface area contributed by atoms with Crippen molar-refractivity contribution in [3.8, 4) is 34.5 Å². The van der Waals surface area contributed by atoms with Crippen molar-refractivity contribution >= 4 is 12.2 Å². The first-order valence-electron chi connectivity index (χ1n) is 7.12. The standard InChI is InChI=1S/C18H20O6/c1-21-15-9-12(10-16(22-2)18(15)24-4)6-5-11-7-13(19)17(23-3)14(20)8-11/h5-10,19-20H,1-4H3/b6-5-. The Morgan fingerprint density at radius 2 is 1.04 bits per heavy atom. The monoisotopic (exact) mass is 332 g/mol. The van der Waals surface area contributed by atoms with Crippen molar-refractivity contribution in [3.63, 3.8) is 0 Å². The lowest BCUT2D eigenvalue weighted by molar-refractivity contribution is 0.324. The molecule has 0 atom stereocenters. The van der Waals surface area contributed by atoms with Crippen LogP contribution >= 0.6 is 0 Å². The quantitative estimate of drug-likeness (QED) is 0.790. The molecule has 6 heteroatoms. The van der Waals surface area contributed by atoms with E-state index >= 15 is 0 Å². The molecule has 0 unspecified atom stereocenters. The molecule has 2 aromatic carbocycles. The SMILES string of the molecule is COc1cc(/C=C\c2cc(O)c(OC)c(O)c2)cc(OC)c1OC. The lowest BCUT2D eigenvalue weighted by Gasteiger charge is -2.12. The minimum absolute atomic E-state index is 0.0416. The Balaban J connectivity index is 2.39. The Bertz CT molecular complexity index is 703. The van der Waals surface area contributed by atoms with Crippen molar-refractivity contribution in [2.45, 2.75) is 0 Å². The zero-order chi connectivity index (χ0) is 17.7. The molecule has 2 aromatic rings. The van der Waals surface area contributed by atoms with Gasteiger partial charge in [0.05, 0.1) is 28.4 Å². The van der Waals surface area contributed by atoms with Crippen LogP contribution in [0.15, 0.2) is 24.3 Å². The van der Waals surface area contributed by atoms with Crippen LogP contribution < -0.4 is 18.9 Å². The summed E-state index contributed by atoms with van der Waals surface area (Å²) in [5.74, 6) is 1.36. The molecule has 0 saturated heterocycles. The zero-order valence-corrected chi connectivity index (χ0v) is 14.0. The summed E-state index contributed by atoms with van der Waals surface area (Å²) in [6.07, 6.45) is 3.53. The highest BCUT2D eigenvalue weighted by Crippen LogP contribution is 2.39. The van der Waals surface area contributed by atoms with E-state index in [1.165, 1.54) is 19.2 Å². The van der Waals surface area contributed by atoms with Crippen LogP contribution in [0.2, 0.25) is 0 Å². The Kier molecular flexibility index (Phi) is 5.42. The van der Waals surface area contributed by atoms with Crippen molar-refractivity contribution in [1.29, 1.82) is 0 Å². The van der Waals surface area contributed by atoms with Crippen LogP contribution in [-0.4, -0.2) is 38.7 Å². The van der Waals surface area contributed by atoms with E-state index in [2.05, 4.69) is 0 Å². The van der Waals surface area contributed by atoms with E-state index in [0.717, 1.165) is 5.56 Å². The number of rotatable bonds is 6. The summed E-state index contributed by atoms with van der Waals surface area (Å²) in [7, 11) is 6.01. The van der Waals surface area contributed by atoms with Gasteiger partial charge in [-0.2, -0.15) is 0 Å². The van der Waals surface area contributed by atoms with Crippen LogP contribution in [0, 0.1) is 0 Å². The number of benzene rings is 2. The summed E-state index contributed by atoms with van der Waals surface area (Å²) >= 11 is 0. The minimum atomic E-state index is -0.137. The molecule has 0 heterocycles. The number of ether oxygens (including phenoxy) is 4. The number of aromatic hydroxyl groups is 2. The summed E-state index contributed by atoms with van der Waals surface area (Å²) in [6.45, 7) is 0. The molecule has 0 aliphatic rings. The number of methoxy groups -OCH3 is 4. The fourth-order valence-electron chi connectivity index (χ4n) is 2.32. The Morgan fingerprint density at radius 3 is 1.42 bits per heavy atom. The second-order valence-electron chi connectivity index (χ2n) is 4.88. The van der Waals surface area contributed by atoms with E-state index in [4.69, 9.17) is 18.9 Å². The van der Waals surface area contributed by atoms with Crippen molar-refractivity contribution in [1.82, 2.24) is 0 Å². The van der Waals surface area contributed by atoms with Gasteiger partial charge in [0.25, 0.3) is 0 Å². The summed E-state index contributed by atoms with van der Waals surface area (Å²) < 4.78 is 20.8. The predicted octanol–water partition coefficient (Wildman–Crippen LogP) is 3.30. The van der Waals surface area contributed by atoms with E-state index in [-0.39, 0.29) is 17.2 Å². The fourth-order valence-corrected chi connectivity index (χ4v) is 2.32. The van der Waals surface area contributed by atoms with E-state index < -0.39 is 0 Å². The molecular weight excluding hydrogens is 312 g/mol. The lowest BCUT2D eigenvalue weighted by Crippen LogP contribution is -1.95. The molecule has 0 aromatic heterocycles. The maximum absolute atomic E-state index is 9.83. The number of phenolic OH excluding ortho intramolecular Hbond substituents is 2. The maximum atomic E-state index is 9.83. The first-order chi connectivity index (χ1) is 11.5. The van der Waals surface area contributed by atoms with Crippen molar-refractivity contribution in [2.75, 3.05) is 28.4 Å². The van der Waals surface area contributed by atoms with Gasteiger partial charge >= 0.3 is 0 Å². The molecule has 0 aliphatic carbocycles. The second kappa shape index (κ2) is 7.50. The topological polar surface area (TPSA) is 77.4 Å². The first-order valence-corrected chi connectivity index (χ1v) is 7.12. The van der Waals surface area contributed by atoms with E-state index in [1.54, 1.807) is 45.6 Å². The molecule has 0 aliphatic heterocycles. The van der Waals surface area contributed by atoms with Gasteiger partial charge in [-0.05, 0) is 35.4 Å². The molecule has 0 saturated carbocycles. The normalized spacial score (nSPS) is 10.7. The van der Waals surface area contributed by atoms with Crippen LogP contribution in [0.25, 0.3) is 12.2 Å². The van der Waals surface area contributed by atoms with Crippen LogP contribution in [0.3, 0.4) is 0 Å². The summed E-state index contributed by atoms with van der Waals surface area (Å²) in [6, 6.07) is 6.57. The smallest absolute Gasteiger partial charge is 0.203 e. The van der Waals surface area contributed by atoms with E-state index in [0.29, 0.717) is 22.8 Å². The molecule has 0 spiro atoms. The Hall–Kier alpha value is -3.02. The fraction of sp³-hybridized carbons (Fsp3) is 0.222. The summed E-state index contributed by atoms with van der Waals surface area (Å²) in [5, 5.41) is 19.7. The molecule has 0 radical (unpaired) electrons. The van der Waals surface area contributed by atoms with Crippen LogP contribution in [-0.2, 0) is 0 Å². The van der Waals surface area contributed by atoms with Gasteiger partial charge in [0.2, 0.25) is 11.5 Å². The van der Waals surface area contributed by atoms with Gasteiger partial charge in [-0.3, -0.25) is 0 Å². The van der Waals surface area contributed by atoms with Gasteiger partial charge in [0.1, 0.15) is 0 Å². The minimum Gasteiger partial charge on any atom is -0.504 e. The Labute approximate surface area is 140 Å². The molecule has 0 amide bonds. The third-order valence-electron chi connectivity index (χ3n) is 3.43. The summed E-state index contributed by atoms with van der Waals surface area (Å²) in [4.78, 5) is 0. The van der Waals surface area contributed by atoms with Gasteiger partial charge in [0, 0.05) is 0 Å². The van der Waals surface area contributed by atoms with Crippen molar-refractivity contribution in [3.05, 3.63) is 35.4 Å². The van der Waals surface area contributed by atoms with E-state index in [1.807, 2.05) is 0 Å². The van der Waals surface area contributed by atoms with Gasteiger partial charge in [0.15, 0.2) is 23.0 Å². The first kappa shape index (κ1) is 17.3. The van der Waals surface area contributed by atoms with Gasteiger partial charge in [-0.15, -0.1) is 0 Å². The molecule has 128 valence electrons. The highest BCUT2D eigenvalue weighted by atomic mass is 16.5. The van der Waals surface area contributed by atoms with Gasteiger partial charge < -0.3 is 29.2 Å². The molecule has 2 N–H and O–H groups in total. The number of phenols is 2. The van der Waals surface area contributed by atoms with E-state index in [9.17, 15) is 10.2 Å². The zero-order valence-electron chi connectivity index (χ0n) is 14.0. The molecule has 0 bridgehead atoms. The maximum Gasteiger partial charge on any atom is 0.203 e. The van der Waals surface area contributed by atoms with Gasteiger partial charge in [-0.1, -0.05) is 12.2 Å². The Morgan fingerprint density at radius 1 is 0.625 bits per heavy atom. The average molecular weight is 332 g/mol. The largest absolute Gasteiger partial charge is 0.504 e. The van der Waals surface area contributed by atoms with Crippen LogP contribution in [0.4, 0.5) is 0 Å². The third-order valence-corrected chi connectivity index (χ3v) is 3.43. The molecule has 2 rings (SSSR count). The molecule has 24 heavy (non-hydrogen) atoms. The predicted molar refractivity (Wildman–Crippen MR) is 91.3 cm³/mol. The molecule has 0 fully saturated rings. The summed E-state index contributed by atoms with van der Waals surface area (Å²) in [5.41, 5.74) is 1.42. The highest BCUT2D eigenvalue weighted by Gasteiger charge is 2.12.